The number of carbonyl (C=O) groups is 1. The van der Waals surface area contributed by atoms with Gasteiger partial charge in [-0.25, -0.2) is 17.6 Å². The number of hydrogen-bond acceptors (Lipinski definition) is 5. The first-order valence-electron chi connectivity index (χ1n) is 8.32. The van der Waals surface area contributed by atoms with Gasteiger partial charge in [-0.05, 0) is 12.3 Å². The quantitative estimate of drug-likeness (QED) is 0.422. The minimum absolute atomic E-state index is 0.614. The second kappa shape index (κ2) is 7.73. The van der Waals surface area contributed by atoms with Gasteiger partial charge in [0.1, 0.15) is 6.61 Å². The average Bonchev–Trinajstić information content (AvgIpc) is 3.18. The van der Waals surface area contributed by atoms with Crippen LogP contribution in [0.3, 0.4) is 0 Å². The summed E-state index contributed by atoms with van der Waals surface area (Å²) < 4.78 is 65.3. The fraction of sp³-hybridized carbons (Fsp3) is 0.611. The molecule has 27 heavy (non-hydrogen) atoms. The van der Waals surface area contributed by atoms with E-state index in [0.29, 0.717) is 0 Å². The van der Waals surface area contributed by atoms with Crippen molar-refractivity contribution in [2.75, 3.05) is 7.11 Å². The third kappa shape index (κ3) is 3.81. The summed E-state index contributed by atoms with van der Waals surface area (Å²) in [5.74, 6) is -8.88. The predicted octanol–water partition coefficient (Wildman–Crippen LogP) is 2.45. The zero-order chi connectivity index (χ0) is 20.7. The zero-order valence-electron chi connectivity index (χ0n) is 15.4. The fourth-order valence-corrected chi connectivity index (χ4v) is 3.42. The maximum absolute atomic E-state index is 14.1. The SMILES string of the molecule is COCc1c(F)c(F)c(COC(=O)[C@@H]2[C@@H](C(O)C(C)O)C2(C)C)c(F)c1F. The van der Waals surface area contributed by atoms with Gasteiger partial charge in [0.2, 0.25) is 0 Å². The smallest absolute Gasteiger partial charge is 0.310 e. The van der Waals surface area contributed by atoms with Crippen LogP contribution in [0.4, 0.5) is 17.6 Å². The van der Waals surface area contributed by atoms with Crippen molar-refractivity contribution in [3.8, 4) is 0 Å². The Morgan fingerprint density at radius 3 is 1.89 bits per heavy atom. The number of esters is 1. The Hall–Kier alpha value is -1.71. The topological polar surface area (TPSA) is 76.0 Å². The first-order valence-corrected chi connectivity index (χ1v) is 8.32. The van der Waals surface area contributed by atoms with E-state index >= 15 is 0 Å². The van der Waals surface area contributed by atoms with Gasteiger partial charge in [-0.15, -0.1) is 0 Å². The third-order valence-corrected chi connectivity index (χ3v) is 5.12. The summed E-state index contributed by atoms with van der Waals surface area (Å²) in [6, 6.07) is 0. The second-order valence-electron chi connectivity index (χ2n) is 7.31. The third-order valence-electron chi connectivity index (χ3n) is 5.12. The number of carbonyl (C=O) groups excluding carboxylic acids is 1. The molecule has 1 aliphatic rings. The predicted molar refractivity (Wildman–Crippen MR) is 85.2 cm³/mol. The highest BCUT2D eigenvalue weighted by Gasteiger charge is 2.66. The van der Waals surface area contributed by atoms with Crippen molar-refractivity contribution in [1.82, 2.24) is 0 Å². The zero-order valence-corrected chi connectivity index (χ0v) is 15.4. The minimum Gasteiger partial charge on any atom is -0.460 e. The number of aliphatic hydroxyl groups excluding tert-OH is 2. The van der Waals surface area contributed by atoms with Crippen molar-refractivity contribution in [1.29, 1.82) is 0 Å². The molecule has 0 radical (unpaired) electrons. The van der Waals surface area contributed by atoms with Crippen LogP contribution in [0, 0.1) is 40.5 Å². The van der Waals surface area contributed by atoms with Gasteiger partial charge in [0.15, 0.2) is 23.3 Å². The van der Waals surface area contributed by atoms with Crippen LogP contribution in [0.5, 0.6) is 0 Å². The van der Waals surface area contributed by atoms with Crippen LogP contribution in [-0.4, -0.2) is 35.5 Å². The Morgan fingerprint density at radius 1 is 1.04 bits per heavy atom. The lowest BCUT2D eigenvalue weighted by Crippen LogP contribution is -2.27. The van der Waals surface area contributed by atoms with Crippen LogP contribution in [0.1, 0.15) is 31.9 Å². The Labute approximate surface area is 153 Å². The molecule has 4 atom stereocenters. The first-order chi connectivity index (χ1) is 12.5. The van der Waals surface area contributed by atoms with E-state index in [-0.39, 0.29) is 0 Å². The molecule has 2 rings (SSSR count). The summed E-state index contributed by atoms with van der Waals surface area (Å²) in [5, 5.41) is 19.4. The van der Waals surface area contributed by atoms with E-state index < -0.39 is 83.0 Å². The normalized spacial score (nSPS) is 23.0. The summed E-state index contributed by atoms with van der Waals surface area (Å²) in [7, 11) is 1.11. The van der Waals surface area contributed by atoms with Crippen molar-refractivity contribution < 1.29 is 42.0 Å². The number of hydrogen-bond donors (Lipinski definition) is 2. The average molecular weight is 394 g/mol. The molecule has 1 aromatic rings. The molecule has 152 valence electrons. The molecule has 0 bridgehead atoms. The van der Waals surface area contributed by atoms with Crippen molar-refractivity contribution in [2.45, 2.75) is 46.2 Å². The van der Waals surface area contributed by atoms with Crippen LogP contribution in [-0.2, 0) is 27.5 Å². The molecule has 1 aromatic carbocycles. The molecule has 0 aromatic heterocycles. The highest BCUT2D eigenvalue weighted by Crippen LogP contribution is 2.60. The van der Waals surface area contributed by atoms with Crippen LogP contribution in [0.2, 0.25) is 0 Å². The molecular weight excluding hydrogens is 372 g/mol. The van der Waals surface area contributed by atoms with E-state index in [9.17, 15) is 32.6 Å². The highest BCUT2D eigenvalue weighted by molar-refractivity contribution is 5.77. The van der Waals surface area contributed by atoms with Crippen LogP contribution >= 0.6 is 0 Å². The minimum atomic E-state index is -1.66. The monoisotopic (exact) mass is 394 g/mol. The van der Waals surface area contributed by atoms with Gasteiger partial charge in [0, 0.05) is 13.0 Å². The van der Waals surface area contributed by atoms with Crippen LogP contribution in [0.15, 0.2) is 0 Å². The molecule has 0 aliphatic heterocycles. The number of benzene rings is 1. The number of rotatable bonds is 7. The molecule has 5 nitrogen and oxygen atoms in total. The number of methoxy groups -OCH3 is 1. The van der Waals surface area contributed by atoms with Crippen molar-refractivity contribution in [2.24, 2.45) is 17.3 Å². The second-order valence-corrected chi connectivity index (χ2v) is 7.31. The number of aliphatic hydroxyl groups is 2. The molecule has 0 spiro atoms. The van der Waals surface area contributed by atoms with Crippen molar-refractivity contribution in [3.63, 3.8) is 0 Å². The Bertz CT molecular complexity index is 706. The van der Waals surface area contributed by atoms with E-state index in [1.165, 1.54) is 6.92 Å². The summed E-state index contributed by atoms with van der Waals surface area (Å²) in [6.45, 7) is 3.01. The van der Waals surface area contributed by atoms with E-state index in [4.69, 9.17) is 4.74 Å². The maximum Gasteiger partial charge on any atom is 0.310 e. The lowest BCUT2D eigenvalue weighted by atomic mass is 10.0. The Balaban J connectivity index is 2.17. The maximum atomic E-state index is 14.1. The standard InChI is InChI=1S/C18H22F4O5/c1-7(23)16(24)10-11(18(10,2)3)17(25)27-6-9-14(21)12(19)8(5-26-4)13(20)15(9)22/h7,10-11,16,23-24H,5-6H2,1-4H3/t7?,10-,11-,16?/m0/s1. The van der Waals surface area contributed by atoms with Gasteiger partial charge in [0.05, 0.1) is 35.9 Å². The van der Waals surface area contributed by atoms with E-state index in [0.717, 1.165) is 7.11 Å². The van der Waals surface area contributed by atoms with E-state index in [2.05, 4.69) is 4.74 Å². The summed E-state index contributed by atoms with van der Waals surface area (Å²) in [4.78, 5) is 12.2. The fourth-order valence-electron chi connectivity index (χ4n) is 3.42. The van der Waals surface area contributed by atoms with Gasteiger partial charge >= 0.3 is 5.97 Å². The van der Waals surface area contributed by atoms with E-state index in [1.807, 2.05) is 0 Å². The molecule has 0 amide bonds. The largest absolute Gasteiger partial charge is 0.460 e. The van der Waals surface area contributed by atoms with Gasteiger partial charge < -0.3 is 19.7 Å². The summed E-state index contributed by atoms with van der Waals surface area (Å²) in [6.07, 6.45) is -2.27. The molecule has 9 heteroatoms. The number of ether oxygens (including phenoxy) is 2. The molecule has 1 fully saturated rings. The highest BCUT2D eigenvalue weighted by atomic mass is 19.2. The summed E-state index contributed by atoms with van der Waals surface area (Å²) in [5.41, 5.74) is -2.65. The van der Waals surface area contributed by atoms with Crippen molar-refractivity contribution >= 4 is 5.97 Å². The molecule has 1 aliphatic carbocycles. The van der Waals surface area contributed by atoms with Crippen LogP contribution < -0.4 is 0 Å². The van der Waals surface area contributed by atoms with Crippen molar-refractivity contribution in [3.05, 3.63) is 34.4 Å². The van der Waals surface area contributed by atoms with Gasteiger partial charge in [-0.3, -0.25) is 4.79 Å². The number of halogens is 4. The molecule has 2 unspecified atom stereocenters. The van der Waals surface area contributed by atoms with Crippen LogP contribution in [0.25, 0.3) is 0 Å². The lowest BCUT2D eigenvalue weighted by molar-refractivity contribution is -0.148. The molecule has 0 saturated heterocycles. The first kappa shape index (κ1) is 21.6. The van der Waals surface area contributed by atoms with E-state index in [1.54, 1.807) is 13.8 Å². The van der Waals surface area contributed by atoms with Gasteiger partial charge in [0.25, 0.3) is 0 Å². The molecule has 2 N–H and O–H groups in total. The Kier molecular flexibility index (Phi) is 6.18. The summed E-state index contributed by atoms with van der Waals surface area (Å²) >= 11 is 0. The molecule has 0 heterocycles. The molecule has 1 saturated carbocycles. The molecular formula is C18H22F4O5. The lowest BCUT2D eigenvalue weighted by Gasteiger charge is -2.14. The Morgan fingerprint density at radius 2 is 1.48 bits per heavy atom. The van der Waals surface area contributed by atoms with Gasteiger partial charge in [-0.2, -0.15) is 0 Å². The van der Waals surface area contributed by atoms with Gasteiger partial charge in [-0.1, -0.05) is 13.8 Å².